The number of pyridine rings is 1. The Morgan fingerprint density at radius 2 is 1.97 bits per heavy atom. The predicted octanol–water partition coefficient (Wildman–Crippen LogP) is 4.25. The Balaban J connectivity index is 1.66. The van der Waals surface area contributed by atoms with Crippen molar-refractivity contribution in [1.29, 1.82) is 0 Å². The molecule has 3 heterocycles. The average molecular weight is 387 g/mol. The molecule has 3 aromatic rings. The van der Waals surface area contributed by atoms with Crippen LogP contribution in [0.5, 0.6) is 0 Å². The van der Waals surface area contributed by atoms with Crippen LogP contribution in [0.15, 0.2) is 60.9 Å². The van der Waals surface area contributed by atoms with Gasteiger partial charge in [-0.15, -0.1) is 0 Å². The summed E-state index contributed by atoms with van der Waals surface area (Å²) in [6.45, 7) is 5.30. The van der Waals surface area contributed by atoms with Crippen LogP contribution in [0, 0.1) is 5.92 Å². The van der Waals surface area contributed by atoms with Crippen molar-refractivity contribution in [3.8, 4) is 11.3 Å². The first-order valence-corrected chi connectivity index (χ1v) is 10.0. The van der Waals surface area contributed by atoms with Crippen molar-refractivity contribution < 1.29 is 4.79 Å². The smallest absolute Gasteiger partial charge is 0.225 e. The molecule has 1 atom stereocenters. The lowest BCUT2D eigenvalue weighted by Crippen LogP contribution is -2.32. The number of anilines is 2. The Morgan fingerprint density at radius 1 is 1.14 bits per heavy atom. The van der Waals surface area contributed by atoms with E-state index in [1.165, 1.54) is 0 Å². The average Bonchev–Trinajstić information content (AvgIpc) is 3.24. The molecule has 6 nitrogen and oxygen atoms in total. The Kier molecular flexibility index (Phi) is 5.51. The fourth-order valence-corrected chi connectivity index (χ4v) is 3.58. The van der Waals surface area contributed by atoms with Gasteiger partial charge in [0.05, 0.1) is 5.69 Å². The molecule has 2 aromatic heterocycles. The van der Waals surface area contributed by atoms with E-state index in [2.05, 4.69) is 10.3 Å². The van der Waals surface area contributed by atoms with Crippen molar-refractivity contribution >= 4 is 17.4 Å². The van der Waals surface area contributed by atoms with Crippen LogP contribution in [0.2, 0.25) is 0 Å². The normalized spacial score (nSPS) is 16.2. The van der Waals surface area contributed by atoms with E-state index in [0.29, 0.717) is 6.54 Å². The van der Waals surface area contributed by atoms with E-state index < -0.39 is 0 Å². The number of para-hydroxylation sites is 1. The molecule has 0 aliphatic carbocycles. The highest BCUT2D eigenvalue weighted by molar-refractivity contribution is 5.78. The molecule has 0 radical (unpaired) electrons. The summed E-state index contributed by atoms with van der Waals surface area (Å²) < 4.78 is 0. The number of rotatable bonds is 5. The summed E-state index contributed by atoms with van der Waals surface area (Å²) in [6.07, 6.45) is 4.43. The molecule has 1 N–H and O–H groups in total. The molecule has 0 saturated carbocycles. The lowest BCUT2D eigenvalue weighted by molar-refractivity contribution is -0.133. The summed E-state index contributed by atoms with van der Waals surface area (Å²) >= 11 is 0. The number of nitrogens with one attached hydrogen (secondary N) is 1. The van der Waals surface area contributed by atoms with E-state index in [9.17, 15) is 4.79 Å². The van der Waals surface area contributed by atoms with Crippen LogP contribution in [0.4, 0.5) is 11.5 Å². The van der Waals surface area contributed by atoms with Crippen LogP contribution in [0.25, 0.3) is 11.3 Å². The second-order valence-corrected chi connectivity index (χ2v) is 7.65. The van der Waals surface area contributed by atoms with Crippen molar-refractivity contribution in [3.05, 3.63) is 66.7 Å². The first-order valence-electron chi connectivity index (χ1n) is 10.0. The van der Waals surface area contributed by atoms with Crippen molar-refractivity contribution in [2.45, 2.75) is 26.2 Å². The van der Waals surface area contributed by atoms with Crippen LogP contribution in [-0.4, -0.2) is 38.8 Å². The maximum absolute atomic E-state index is 12.4. The highest BCUT2D eigenvalue weighted by Crippen LogP contribution is 2.29. The molecule has 0 spiro atoms. The van der Waals surface area contributed by atoms with Gasteiger partial charge in [-0.3, -0.25) is 9.78 Å². The summed E-state index contributed by atoms with van der Waals surface area (Å²) in [6, 6.07) is 15.8. The number of hydrogen-bond acceptors (Lipinski definition) is 5. The Morgan fingerprint density at radius 3 is 2.69 bits per heavy atom. The van der Waals surface area contributed by atoms with Gasteiger partial charge in [-0.2, -0.15) is 0 Å². The van der Waals surface area contributed by atoms with E-state index in [4.69, 9.17) is 9.97 Å². The first kappa shape index (κ1) is 19.1. The quantitative estimate of drug-likeness (QED) is 0.708. The van der Waals surface area contributed by atoms with Crippen LogP contribution in [0.3, 0.4) is 0 Å². The van der Waals surface area contributed by atoms with E-state index in [-0.39, 0.29) is 17.7 Å². The predicted molar refractivity (Wildman–Crippen MR) is 114 cm³/mol. The minimum Gasteiger partial charge on any atom is -0.342 e. The number of amides is 1. The molecule has 1 aliphatic heterocycles. The number of aromatic nitrogens is 3. The van der Waals surface area contributed by atoms with Gasteiger partial charge < -0.3 is 10.2 Å². The molecule has 1 saturated heterocycles. The molecule has 1 aliphatic rings. The second-order valence-electron chi connectivity index (χ2n) is 7.65. The van der Waals surface area contributed by atoms with Gasteiger partial charge in [0.1, 0.15) is 11.6 Å². The minimum absolute atomic E-state index is 0.00621. The molecule has 1 amide bonds. The van der Waals surface area contributed by atoms with Gasteiger partial charge in [-0.25, -0.2) is 9.97 Å². The standard InChI is InChI=1S/C23H25N5O/c1-16(2)23(29)28-12-10-18(15-28)22-26-20(17-7-6-11-24-14-17)13-21(27-22)25-19-8-4-3-5-9-19/h3-9,11,13-14,16,18H,10,12,15H2,1-2H3,(H,25,26,27)/t18-/m1/s1. The number of nitrogens with zero attached hydrogens (tertiary/aromatic N) is 4. The zero-order chi connectivity index (χ0) is 20.2. The summed E-state index contributed by atoms with van der Waals surface area (Å²) in [5.41, 5.74) is 2.74. The molecule has 0 bridgehead atoms. The van der Waals surface area contributed by atoms with Gasteiger partial charge in [0.25, 0.3) is 0 Å². The molecule has 148 valence electrons. The van der Waals surface area contributed by atoms with Gasteiger partial charge >= 0.3 is 0 Å². The van der Waals surface area contributed by atoms with Crippen LogP contribution < -0.4 is 5.32 Å². The molecular weight excluding hydrogens is 362 g/mol. The minimum atomic E-state index is 0.00621. The molecule has 6 heteroatoms. The third-order valence-corrected chi connectivity index (χ3v) is 5.11. The summed E-state index contributed by atoms with van der Waals surface area (Å²) in [7, 11) is 0. The van der Waals surface area contributed by atoms with E-state index >= 15 is 0 Å². The van der Waals surface area contributed by atoms with Crippen molar-refractivity contribution in [3.63, 3.8) is 0 Å². The number of carbonyl (C=O) groups excluding carboxylic acids is 1. The van der Waals surface area contributed by atoms with Gasteiger partial charge in [0, 0.05) is 54.6 Å². The van der Waals surface area contributed by atoms with Crippen LogP contribution >= 0.6 is 0 Å². The van der Waals surface area contributed by atoms with Gasteiger partial charge in [0.15, 0.2) is 0 Å². The van der Waals surface area contributed by atoms with Crippen LogP contribution in [0.1, 0.15) is 32.0 Å². The molecular formula is C23H25N5O. The van der Waals surface area contributed by atoms with E-state index in [1.54, 1.807) is 6.20 Å². The molecule has 1 fully saturated rings. The SMILES string of the molecule is CC(C)C(=O)N1CC[C@@H](c2nc(Nc3ccccc3)cc(-c3cccnc3)n2)C1. The number of carbonyl (C=O) groups is 1. The Hall–Kier alpha value is -3.28. The summed E-state index contributed by atoms with van der Waals surface area (Å²) in [5.74, 6) is 1.84. The van der Waals surface area contributed by atoms with E-state index in [0.717, 1.165) is 41.6 Å². The van der Waals surface area contributed by atoms with Crippen molar-refractivity contribution in [1.82, 2.24) is 19.9 Å². The third-order valence-electron chi connectivity index (χ3n) is 5.11. The number of likely N-dealkylation sites (tertiary alicyclic amines) is 1. The molecule has 29 heavy (non-hydrogen) atoms. The fraction of sp³-hybridized carbons (Fsp3) is 0.304. The lowest BCUT2D eigenvalue weighted by Gasteiger charge is -2.19. The monoisotopic (exact) mass is 387 g/mol. The highest BCUT2D eigenvalue weighted by atomic mass is 16.2. The lowest BCUT2D eigenvalue weighted by atomic mass is 10.1. The number of hydrogen-bond donors (Lipinski definition) is 1. The second kappa shape index (κ2) is 8.39. The maximum Gasteiger partial charge on any atom is 0.225 e. The number of benzene rings is 1. The van der Waals surface area contributed by atoms with Gasteiger partial charge in [-0.1, -0.05) is 32.0 Å². The summed E-state index contributed by atoms with van der Waals surface area (Å²) in [5, 5.41) is 3.38. The molecule has 4 rings (SSSR count). The van der Waals surface area contributed by atoms with Crippen molar-refractivity contribution in [2.24, 2.45) is 5.92 Å². The van der Waals surface area contributed by atoms with Gasteiger partial charge in [0.2, 0.25) is 5.91 Å². The topological polar surface area (TPSA) is 71.0 Å². The fourth-order valence-electron chi connectivity index (χ4n) is 3.58. The maximum atomic E-state index is 12.4. The highest BCUT2D eigenvalue weighted by Gasteiger charge is 2.30. The molecule has 0 unspecified atom stereocenters. The third kappa shape index (κ3) is 4.42. The zero-order valence-electron chi connectivity index (χ0n) is 16.7. The largest absolute Gasteiger partial charge is 0.342 e. The Labute approximate surface area is 171 Å². The first-order chi connectivity index (χ1) is 14.1. The summed E-state index contributed by atoms with van der Waals surface area (Å²) in [4.78, 5) is 28.2. The van der Waals surface area contributed by atoms with Crippen molar-refractivity contribution in [2.75, 3.05) is 18.4 Å². The zero-order valence-corrected chi connectivity index (χ0v) is 16.7. The van der Waals surface area contributed by atoms with E-state index in [1.807, 2.05) is 73.5 Å². The van der Waals surface area contributed by atoms with Gasteiger partial charge in [-0.05, 0) is 30.7 Å². The Bertz CT molecular complexity index is 975. The van der Waals surface area contributed by atoms with Crippen LogP contribution in [-0.2, 0) is 4.79 Å². The molecule has 1 aromatic carbocycles.